The summed E-state index contributed by atoms with van der Waals surface area (Å²) in [6.07, 6.45) is 1.92. The number of aliphatic hydroxyl groups is 1. The maximum atomic E-state index is 12.2. The Kier molecular flexibility index (Phi) is 4.98. The van der Waals surface area contributed by atoms with Gasteiger partial charge in [0.05, 0.1) is 18.8 Å². The summed E-state index contributed by atoms with van der Waals surface area (Å²) in [6, 6.07) is 0. The number of carbonyl (C=O) groups excluding carboxylic acids is 1. The van der Waals surface area contributed by atoms with Gasteiger partial charge in [0.25, 0.3) is 0 Å². The van der Waals surface area contributed by atoms with Crippen LogP contribution in [0.2, 0.25) is 0 Å². The first-order valence-electron chi connectivity index (χ1n) is 7.51. The van der Waals surface area contributed by atoms with Crippen molar-refractivity contribution in [3.63, 3.8) is 0 Å². The second-order valence-electron chi connectivity index (χ2n) is 6.56. The Bertz CT molecular complexity index is 321. The van der Waals surface area contributed by atoms with Crippen LogP contribution in [0.4, 0.5) is 0 Å². The van der Waals surface area contributed by atoms with Crippen molar-refractivity contribution in [1.29, 1.82) is 0 Å². The van der Waals surface area contributed by atoms with Crippen molar-refractivity contribution in [2.75, 3.05) is 26.2 Å². The normalized spacial score (nSPS) is 41.5. The summed E-state index contributed by atoms with van der Waals surface area (Å²) in [6.45, 7) is 8.90. The smallest absolute Gasteiger partial charge is 0.137 e. The van der Waals surface area contributed by atoms with Crippen LogP contribution in [0.25, 0.3) is 0 Å². The lowest BCUT2D eigenvalue weighted by Gasteiger charge is -2.40. The van der Waals surface area contributed by atoms with Crippen LogP contribution in [-0.2, 0) is 9.53 Å². The summed E-state index contributed by atoms with van der Waals surface area (Å²) < 4.78 is 5.65. The van der Waals surface area contributed by atoms with Gasteiger partial charge in [0.15, 0.2) is 0 Å². The molecule has 1 saturated carbocycles. The molecule has 1 saturated heterocycles. The summed E-state index contributed by atoms with van der Waals surface area (Å²) in [5, 5.41) is 9.25. The third kappa shape index (κ3) is 3.77. The molecular weight excluding hydrogens is 242 g/mol. The summed E-state index contributed by atoms with van der Waals surface area (Å²) in [4.78, 5) is 14.5. The molecule has 0 radical (unpaired) electrons. The number of morpholine rings is 1. The minimum absolute atomic E-state index is 0.0615. The summed E-state index contributed by atoms with van der Waals surface area (Å²) in [7, 11) is 0. The second kappa shape index (κ2) is 6.33. The molecule has 0 aromatic rings. The highest BCUT2D eigenvalue weighted by atomic mass is 16.5. The molecule has 0 aromatic heterocycles. The van der Waals surface area contributed by atoms with Gasteiger partial charge in [0, 0.05) is 32.0 Å². The lowest BCUT2D eigenvalue weighted by atomic mass is 9.74. The number of carbonyl (C=O) groups is 1. The average Bonchev–Trinajstić information content (AvgIpc) is 2.33. The van der Waals surface area contributed by atoms with Gasteiger partial charge in [0.1, 0.15) is 5.78 Å². The Balaban J connectivity index is 1.94. The first-order valence-corrected chi connectivity index (χ1v) is 7.51. The van der Waals surface area contributed by atoms with Crippen molar-refractivity contribution in [3.8, 4) is 0 Å². The molecule has 5 atom stereocenters. The fraction of sp³-hybridized carbons (Fsp3) is 0.933. The third-order valence-corrected chi connectivity index (χ3v) is 4.48. The van der Waals surface area contributed by atoms with E-state index in [0.29, 0.717) is 17.6 Å². The third-order valence-electron chi connectivity index (χ3n) is 4.48. The van der Waals surface area contributed by atoms with Crippen LogP contribution >= 0.6 is 0 Å². The molecule has 2 aliphatic rings. The van der Waals surface area contributed by atoms with E-state index in [1.54, 1.807) is 0 Å². The van der Waals surface area contributed by atoms with Crippen LogP contribution in [-0.4, -0.2) is 54.2 Å². The number of ether oxygens (including phenoxy) is 1. The Morgan fingerprint density at radius 3 is 2.68 bits per heavy atom. The average molecular weight is 269 g/mol. The summed E-state index contributed by atoms with van der Waals surface area (Å²) in [5.74, 6) is 1.60. The molecule has 2 fully saturated rings. The Morgan fingerprint density at radius 1 is 1.32 bits per heavy atom. The molecule has 4 heteroatoms. The van der Waals surface area contributed by atoms with Gasteiger partial charge >= 0.3 is 0 Å². The Hall–Kier alpha value is -0.450. The van der Waals surface area contributed by atoms with Crippen LogP contribution < -0.4 is 0 Å². The molecule has 5 unspecified atom stereocenters. The zero-order valence-corrected chi connectivity index (χ0v) is 12.3. The zero-order valence-electron chi connectivity index (χ0n) is 12.3. The van der Waals surface area contributed by atoms with Crippen molar-refractivity contribution >= 4 is 5.78 Å². The molecule has 1 heterocycles. The quantitative estimate of drug-likeness (QED) is 0.839. The molecular formula is C15H27NO3. The van der Waals surface area contributed by atoms with Gasteiger partial charge in [-0.1, -0.05) is 13.8 Å². The van der Waals surface area contributed by atoms with E-state index < -0.39 is 0 Å². The monoisotopic (exact) mass is 269 g/mol. The Morgan fingerprint density at radius 2 is 2.05 bits per heavy atom. The molecule has 1 N–H and O–H groups in total. The van der Waals surface area contributed by atoms with E-state index in [1.807, 2.05) is 6.92 Å². The first-order chi connectivity index (χ1) is 8.99. The van der Waals surface area contributed by atoms with E-state index in [1.165, 1.54) is 0 Å². The molecule has 19 heavy (non-hydrogen) atoms. The van der Waals surface area contributed by atoms with Crippen molar-refractivity contribution < 1.29 is 14.6 Å². The minimum Gasteiger partial charge on any atom is -0.394 e. The van der Waals surface area contributed by atoms with Crippen LogP contribution in [0.1, 0.15) is 33.6 Å². The molecule has 4 nitrogen and oxygen atoms in total. The van der Waals surface area contributed by atoms with Gasteiger partial charge in [-0.2, -0.15) is 0 Å². The molecule has 1 aliphatic carbocycles. The van der Waals surface area contributed by atoms with Crippen LogP contribution in [0.15, 0.2) is 0 Å². The number of ketones is 1. The van der Waals surface area contributed by atoms with Gasteiger partial charge < -0.3 is 9.84 Å². The predicted molar refractivity (Wildman–Crippen MR) is 73.9 cm³/mol. The molecule has 1 aliphatic heterocycles. The number of rotatable bonds is 3. The first kappa shape index (κ1) is 14.9. The van der Waals surface area contributed by atoms with Crippen LogP contribution in [0.5, 0.6) is 0 Å². The molecule has 0 aromatic carbocycles. The van der Waals surface area contributed by atoms with Gasteiger partial charge in [0.2, 0.25) is 0 Å². The highest BCUT2D eigenvalue weighted by Gasteiger charge is 2.35. The van der Waals surface area contributed by atoms with E-state index in [9.17, 15) is 9.90 Å². The van der Waals surface area contributed by atoms with E-state index in [2.05, 4.69) is 18.7 Å². The number of nitrogens with zero attached hydrogens (tertiary/aromatic N) is 1. The van der Waals surface area contributed by atoms with E-state index in [0.717, 1.165) is 32.5 Å². The topological polar surface area (TPSA) is 49.8 Å². The highest BCUT2D eigenvalue weighted by molar-refractivity contribution is 5.82. The fourth-order valence-corrected chi connectivity index (χ4v) is 3.64. The van der Waals surface area contributed by atoms with Crippen molar-refractivity contribution in [2.24, 2.45) is 17.8 Å². The number of hydrogen-bond acceptors (Lipinski definition) is 4. The van der Waals surface area contributed by atoms with E-state index >= 15 is 0 Å². The number of Topliss-reactive ketones (excluding diaryl/α,β-unsaturated/α-hetero) is 1. The van der Waals surface area contributed by atoms with Gasteiger partial charge in [-0.05, 0) is 25.2 Å². The number of hydrogen-bond donors (Lipinski definition) is 1. The molecule has 110 valence electrons. The van der Waals surface area contributed by atoms with Gasteiger partial charge in [-0.25, -0.2) is 0 Å². The molecule has 0 spiro atoms. The van der Waals surface area contributed by atoms with E-state index in [-0.39, 0.29) is 24.7 Å². The minimum atomic E-state index is -0.100. The van der Waals surface area contributed by atoms with Gasteiger partial charge in [-0.15, -0.1) is 0 Å². The van der Waals surface area contributed by atoms with Crippen LogP contribution in [0.3, 0.4) is 0 Å². The maximum Gasteiger partial charge on any atom is 0.137 e. The SMILES string of the molecule is CC1CC(=O)C(CN2CC(C)OC(CO)C2)C(C)C1. The highest BCUT2D eigenvalue weighted by Crippen LogP contribution is 2.32. The van der Waals surface area contributed by atoms with Crippen LogP contribution in [0, 0.1) is 17.8 Å². The van der Waals surface area contributed by atoms with Crippen molar-refractivity contribution in [2.45, 2.75) is 45.8 Å². The zero-order chi connectivity index (χ0) is 14.0. The number of aliphatic hydroxyl groups excluding tert-OH is 1. The lowest BCUT2D eigenvalue weighted by molar-refractivity contribution is -0.132. The van der Waals surface area contributed by atoms with E-state index in [4.69, 9.17) is 4.74 Å². The predicted octanol–water partition coefficient (Wildman–Crippen LogP) is 1.32. The summed E-state index contributed by atoms with van der Waals surface area (Å²) >= 11 is 0. The van der Waals surface area contributed by atoms with Crippen molar-refractivity contribution in [3.05, 3.63) is 0 Å². The molecule has 2 rings (SSSR count). The van der Waals surface area contributed by atoms with Crippen molar-refractivity contribution in [1.82, 2.24) is 4.90 Å². The second-order valence-corrected chi connectivity index (χ2v) is 6.56. The van der Waals surface area contributed by atoms with Gasteiger partial charge in [-0.3, -0.25) is 9.69 Å². The fourth-order valence-electron chi connectivity index (χ4n) is 3.64. The molecule has 0 bridgehead atoms. The largest absolute Gasteiger partial charge is 0.394 e. The Labute approximate surface area is 116 Å². The summed E-state index contributed by atoms with van der Waals surface area (Å²) in [5.41, 5.74) is 0. The molecule has 0 amide bonds. The maximum absolute atomic E-state index is 12.2. The standard InChI is InChI=1S/C15H27NO3/c1-10-4-11(2)14(15(18)5-10)8-16-6-12(3)19-13(7-16)9-17/h10-14,17H,4-9H2,1-3H3. The lowest BCUT2D eigenvalue weighted by Crippen LogP contribution is -2.51.